The third-order valence-electron chi connectivity index (χ3n) is 3.19. The minimum Gasteiger partial charge on any atom is -0.493 e. The predicted octanol–water partition coefficient (Wildman–Crippen LogP) is 2.09. The van der Waals surface area contributed by atoms with E-state index in [1.54, 1.807) is 0 Å². The molecule has 21 heavy (non-hydrogen) atoms. The summed E-state index contributed by atoms with van der Waals surface area (Å²) in [7, 11) is 0. The molecule has 0 saturated heterocycles. The zero-order chi connectivity index (χ0) is 16.0. The molecule has 6 heteroatoms. The van der Waals surface area contributed by atoms with E-state index in [0.29, 0.717) is 5.75 Å². The van der Waals surface area contributed by atoms with Crippen LogP contribution >= 0.6 is 0 Å². The van der Waals surface area contributed by atoms with Crippen molar-refractivity contribution in [3.05, 3.63) is 28.8 Å². The van der Waals surface area contributed by atoms with Crippen LogP contribution in [0.25, 0.3) is 0 Å². The zero-order valence-electron chi connectivity index (χ0n) is 12.6. The molecule has 0 aliphatic carbocycles. The summed E-state index contributed by atoms with van der Waals surface area (Å²) < 4.78 is 31.3. The second kappa shape index (κ2) is 7.36. The van der Waals surface area contributed by atoms with E-state index in [2.05, 4.69) is 5.32 Å². The average Bonchev–Trinajstić information content (AvgIpc) is 2.42. The fourth-order valence-electron chi connectivity index (χ4n) is 1.79. The number of aryl methyl sites for hydroxylation is 2. The van der Waals surface area contributed by atoms with Gasteiger partial charge in [0, 0.05) is 0 Å². The van der Waals surface area contributed by atoms with Gasteiger partial charge in [0.05, 0.1) is 26.1 Å². The van der Waals surface area contributed by atoms with Crippen molar-refractivity contribution in [1.82, 2.24) is 5.32 Å². The van der Waals surface area contributed by atoms with Crippen molar-refractivity contribution in [2.75, 3.05) is 19.7 Å². The van der Waals surface area contributed by atoms with Gasteiger partial charge in [0.25, 0.3) is 5.92 Å². The van der Waals surface area contributed by atoms with Crippen molar-refractivity contribution >= 4 is 5.91 Å². The molecule has 118 valence electrons. The molecule has 0 atom stereocenters. The second-order valence-corrected chi connectivity index (χ2v) is 5.14. The lowest BCUT2D eigenvalue weighted by atomic mass is 10.1. The Morgan fingerprint density at radius 3 is 2.62 bits per heavy atom. The molecule has 4 nitrogen and oxygen atoms in total. The van der Waals surface area contributed by atoms with Crippen LogP contribution in [0, 0.1) is 20.8 Å². The molecule has 0 radical (unpaired) electrons. The van der Waals surface area contributed by atoms with Gasteiger partial charge in [0.15, 0.2) is 0 Å². The van der Waals surface area contributed by atoms with Crippen LogP contribution in [-0.2, 0) is 4.79 Å². The fraction of sp³-hybridized carbons (Fsp3) is 0.533. The molecule has 0 bridgehead atoms. The number of carbonyl (C=O) groups excluding carboxylic acids is 1. The Morgan fingerprint density at radius 2 is 2.00 bits per heavy atom. The largest absolute Gasteiger partial charge is 0.493 e. The molecule has 1 rings (SSSR count). The molecule has 1 aromatic carbocycles. The van der Waals surface area contributed by atoms with E-state index in [4.69, 9.17) is 10.5 Å². The van der Waals surface area contributed by atoms with Gasteiger partial charge in [-0.1, -0.05) is 6.07 Å². The number of rotatable bonds is 7. The standard InChI is InChI=1S/C15H22F2N2O2/c1-10-6-11(2)12(3)13(7-10)21-5-4-14(20)19-9-15(16,17)8-18/h6-7H,4-5,8-9,18H2,1-3H3,(H,19,20). The highest BCUT2D eigenvalue weighted by Gasteiger charge is 2.26. The molecule has 1 aromatic rings. The van der Waals surface area contributed by atoms with Crippen LogP contribution in [0.5, 0.6) is 5.75 Å². The topological polar surface area (TPSA) is 64.3 Å². The molecule has 1 amide bonds. The maximum Gasteiger partial charge on any atom is 0.277 e. The molecular formula is C15H22F2N2O2. The van der Waals surface area contributed by atoms with Crippen molar-refractivity contribution in [2.45, 2.75) is 33.1 Å². The first kappa shape index (κ1) is 17.4. The second-order valence-electron chi connectivity index (χ2n) is 5.14. The number of alkyl halides is 2. The van der Waals surface area contributed by atoms with Crippen molar-refractivity contribution in [1.29, 1.82) is 0 Å². The Hall–Kier alpha value is -1.69. The SMILES string of the molecule is Cc1cc(C)c(C)c(OCCC(=O)NCC(F)(F)CN)c1. The lowest BCUT2D eigenvalue weighted by Gasteiger charge is -2.15. The first-order valence-electron chi connectivity index (χ1n) is 6.80. The van der Waals surface area contributed by atoms with E-state index in [0.717, 1.165) is 16.7 Å². The number of nitrogens with one attached hydrogen (secondary N) is 1. The molecule has 0 aliphatic rings. The summed E-state index contributed by atoms with van der Waals surface area (Å²) in [5.74, 6) is -2.83. The van der Waals surface area contributed by atoms with E-state index in [1.165, 1.54) is 0 Å². The highest BCUT2D eigenvalue weighted by molar-refractivity contribution is 5.76. The molecule has 0 saturated carbocycles. The van der Waals surface area contributed by atoms with E-state index >= 15 is 0 Å². The minimum atomic E-state index is -3.07. The smallest absolute Gasteiger partial charge is 0.277 e. The Morgan fingerprint density at radius 1 is 1.33 bits per heavy atom. The molecule has 3 N–H and O–H groups in total. The molecular weight excluding hydrogens is 278 g/mol. The minimum absolute atomic E-state index is 0.0209. The van der Waals surface area contributed by atoms with E-state index < -0.39 is 24.9 Å². The van der Waals surface area contributed by atoms with E-state index in [-0.39, 0.29) is 13.0 Å². The summed E-state index contributed by atoms with van der Waals surface area (Å²) in [5.41, 5.74) is 8.08. The lowest BCUT2D eigenvalue weighted by Crippen LogP contribution is -2.41. The fourth-order valence-corrected chi connectivity index (χ4v) is 1.79. The molecule has 0 aromatic heterocycles. The van der Waals surface area contributed by atoms with Crippen molar-refractivity contribution in [2.24, 2.45) is 5.73 Å². The van der Waals surface area contributed by atoms with Crippen molar-refractivity contribution < 1.29 is 18.3 Å². The van der Waals surface area contributed by atoms with Gasteiger partial charge in [-0.05, 0) is 43.5 Å². The maximum atomic E-state index is 12.9. The van der Waals surface area contributed by atoms with Gasteiger partial charge in [0.1, 0.15) is 5.75 Å². The van der Waals surface area contributed by atoms with Gasteiger partial charge in [-0.3, -0.25) is 4.79 Å². The van der Waals surface area contributed by atoms with Crippen LogP contribution in [0.1, 0.15) is 23.1 Å². The quantitative estimate of drug-likeness (QED) is 0.810. The van der Waals surface area contributed by atoms with Crippen LogP contribution in [0.2, 0.25) is 0 Å². The van der Waals surface area contributed by atoms with Gasteiger partial charge in [-0.25, -0.2) is 8.78 Å². The number of hydrogen-bond donors (Lipinski definition) is 2. The maximum absolute atomic E-state index is 12.9. The monoisotopic (exact) mass is 300 g/mol. The van der Waals surface area contributed by atoms with Crippen LogP contribution in [0.3, 0.4) is 0 Å². The van der Waals surface area contributed by atoms with E-state index in [9.17, 15) is 13.6 Å². The molecule has 0 spiro atoms. The number of ether oxygens (including phenoxy) is 1. The lowest BCUT2D eigenvalue weighted by molar-refractivity contribution is -0.123. The first-order valence-corrected chi connectivity index (χ1v) is 6.80. The summed E-state index contributed by atoms with van der Waals surface area (Å²) in [6.45, 7) is 4.49. The summed E-state index contributed by atoms with van der Waals surface area (Å²) >= 11 is 0. The summed E-state index contributed by atoms with van der Waals surface area (Å²) in [6, 6.07) is 3.94. The molecule has 0 aliphatic heterocycles. The Labute approximate surface area is 123 Å². The highest BCUT2D eigenvalue weighted by Crippen LogP contribution is 2.23. The van der Waals surface area contributed by atoms with Crippen molar-refractivity contribution in [3.8, 4) is 5.75 Å². The third-order valence-corrected chi connectivity index (χ3v) is 3.19. The first-order chi connectivity index (χ1) is 9.75. The number of amides is 1. The summed E-state index contributed by atoms with van der Waals surface area (Å²) in [4.78, 5) is 11.4. The summed E-state index contributed by atoms with van der Waals surface area (Å²) in [5, 5.41) is 2.15. The van der Waals surface area contributed by atoms with Gasteiger partial charge in [0.2, 0.25) is 5.91 Å². The number of benzene rings is 1. The average molecular weight is 300 g/mol. The molecule has 0 unspecified atom stereocenters. The Kier molecular flexibility index (Phi) is 6.08. The number of halogens is 2. The Bertz CT molecular complexity index is 505. The molecule has 0 fully saturated rings. The van der Waals surface area contributed by atoms with E-state index in [1.807, 2.05) is 32.9 Å². The molecule has 0 heterocycles. The van der Waals surface area contributed by atoms with Gasteiger partial charge in [-0.15, -0.1) is 0 Å². The summed E-state index contributed by atoms with van der Waals surface area (Å²) in [6.07, 6.45) is 0.0209. The third kappa shape index (κ3) is 5.67. The van der Waals surface area contributed by atoms with Gasteiger partial charge < -0.3 is 15.8 Å². The number of hydrogen-bond acceptors (Lipinski definition) is 3. The predicted molar refractivity (Wildman–Crippen MR) is 77.8 cm³/mol. The number of nitrogens with two attached hydrogens (primary N) is 1. The van der Waals surface area contributed by atoms with Gasteiger partial charge in [-0.2, -0.15) is 0 Å². The van der Waals surface area contributed by atoms with Gasteiger partial charge >= 0.3 is 0 Å². The van der Waals surface area contributed by atoms with Crippen LogP contribution < -0.4 is 15.8 Å². The van der Waals surface area contributed by atoms with Crippen LogP contribution in [0.4, 0.5) is 8.78 Å². The normalized spacial score (nSPS) is 11.3. The number of carbonyl (C=O) groups is 1. The Balaban J connectivity index is 2.42. The van der Waals surface area contributed by atoms with Crippen LogP contribution in [-0.4, -0.2) is 31.5 Å². The van der Waals surface area contributed by atoms with Crippen LogP contribution in [0.15, 0.2) is 12.1 Å². The zero-order valence-corrected chi connectivity index (χ0v) is 12.6. The highest BCUT2D eigenvalue weighted by atomic mass is 19.3. The van der Waals surface area contributed by atoms with Crippen molar-refractivity contribution in [3.63, 3.8) is 0 Å².